The Labute approximate surface area is 117 Å². The molecule has 3 unspecified atom stereocenters. The van der Waals surface area contributed by atoms with E-state index in [1.54, 1.807) is 11.4 Å². The fraction of sp³-hybridized carbons (Fsp3) is 0.727. The van der Waals surface area contributed by atoms with Crippen LogP contribution in [0.25, 0.3) is 0 Å². The first-order chi connectivity index (χ1) is 8.93. The van der Waals surface area contributed by atoms with Crippen LogP contribution in [0.1, 0.15) is 6.92 Å². The quantitative estimate of drug-likeness (QED) is 0.853. The second-order valence-electron chi connectivity index (χ2n) is 5.32. The molecular weight excluding hydrogens is 288 g/mol. The Morgan fingerprint density at radius 1 is 1.47 bits per heavy atom. The summed E-state index contributed by atoms with van der Waals surface area (Å²) >= 11 is 5.97. The Morgan fingerprint density at radius 3 is 2.79 bits per heavy atom. The van der Waals surface area contributed by atoms with Crippen molar-refractivity contribution in [2.24, 2.45) is 18.9 Å². The van der Waals surface area contributed by atoms with Gasteiger partial charge in [-0.25, -0.2) is 8.42 Å². The third-order valence-electron chi connectivity index (χ3n) is 4.28. The number of hydrogen-bond acceptors (Lipinski definition) is 4. The van der Waals surface area contributed by atoms with Crippen molar-refractivity contribution in [3.8, 4) is 0 Å². The molecule has 2 aliphatic heterocycles. The lowest BCUT2D eigenvalue weighted by molar-refractivity contribution is 0.357. The van der Waals surface area contributed by atoms with Crippen LogP contribution in [0.3, 0.4) is 0 Å². The molecule has 0 radical (unpaired) electrons. The summed E-state index contributed by atoms with van der Waals surface area (Å²) in [5, 5.41) is 7.51. The van der Waals surface area contributed by atoms with E-state index in [1.807, 2.05) is 6.92 Å². The summed E-state index contributed by atoms with van der Waals surface area (Å²) in [6.07, 6.45) is 1.37. The van der Waals surface area contributed by atoms with Crippen molar-refractivity contribution in [3.63, 3.8) is 0 Å². The van der Waals surface area contributed by atoms with E-state index < -0.39 is 10.0 Å². The molecular formula is C11H17ClN4O2S. The molecule has 2 fully saturated rings. The Bertz CT molecular complexity index is 580. The summed E-state index contributed by atoms with van der Waals surface area (Å²) < 4.78 is 28.4. The molecule has 6 nitrogen and oxygen atoms in total. The summed E-state index contributed by atoms with van der Waals surface area (Å²) in [5.74, 6) is 0.790. The van der Waals surface area contributed by atoms with Crippen LogP contribution in [0.2, 0.25) is 5.02 Å². The Balaban J connectivity index is 1.98. The number of aromatic nitrogens is 2. The van der Waals surface area contributed by atoms with Gasteiger partial charge < -0.3 is 5.32 Å². The Hall–Kier alpha value is -0.630. The van der Waals surface area contributed by atoms with Gasteiger partial charge in [0.1, 0.15) is 0 Å². The first-order valence-corrected chi connectivity index (χ1v) is 8.15. The van der Waals surface area contributed by atoms with Gasteiger partial charge >= 0.3 is 0 Å². The molecule has 1 aromatic heterocycles. The molecule has 0 bridgehead atoms. The average molecular weight is 305 g/mol. The van der Waals surface area contributed by atoms with Gasteiger partial charge in [0.2, 0.25) is 0 Å². The van der Waals surface area contributed by atoms with Crippen molar-refractivity contribution < 1.29 is 8.42 Å². The zero-order chi connectivity index (χ0) is 13.8. The highest BCUT2D eigenvalue weighted by atomic mass is 35.5. The maximum atomic E-state index is 12.7. The smallest absolute Gasteiger partial charge is 0.262 e. The lowest BCUT2D eigenvalue weighted by atomic mass is 9.95. The zero-order valence-electron chi connectivity index (χ0n) is 10.9. The summed E-state index contributed by atoms with van der Waals surface area (Å²) in [5.41, 5.74) is 0. The van der Waals surface area contributed by atoms with Crippen LogP contribution in [-0.2, 0) is 17.1 Å². The van der Waals surface area contributed by atoms with Gasteiger partial charge in [-0.2, -0.15) is 9.40 Å². The summed E-state index contributed by atoms with van der Waals surface area (Å²) in [6.45, 7) is 4.30. The summed E-state index contributed by atoms with van der Waals surface area (Å²) in [4.78, 5) is 0. The van der Waals surface area contributed by atoms with E-state index in [1.165, 1.54) is 10.9 Å². The van der Waals surface area contributed by atoms with E-state index >= 15 is 0 Å². The van der Waals surface area contributed by atoms with Gasteiger partial charge in [0.15, 0.2) is 5.03 Å². The SMILES string of the molecule is CC1C2CNCC2CN1S(=O)(=O)c1c(Cl)cnn1C. The summed E-state index contributed by atoms with van der Waals surface area (Å²) in [6, 6.07) is -0.00373. The monoisotopic (exact) mass is 304 g/mol. The minimum absolute atomic E-state index is 0.00373. The molecule has 0 aliphatic carbocycles. The van der Waals surface area contributed by atoms with E-state index in [9.17, 15) is 8.42 Å². The van der Waals surface area contributed by atoms with Crippen LogP contribution in [0.5, 0.6) is 0 Å². The largest absolute Gasteiger partial charge is 0.316 e. The number of hydrogen-bond donors (Lipinski definition) is 1. The van der Waals surface area contributed by atoms with Crippen LogP contribution >= 0.6 is 11.6 Å². The Kier molecular flexibility index (Phi) is 3.12. The molecule has 1 N–H and O–H groups in total. The fourth-order valence-corrected chi connectivity index (χ4v) is 5.59. The molecule has 3 heterocycles. The van der Waals surface area contributed by atoms with Gasteiger partial charge in [0.25, 0.3) is 10.0 Å². The topological polar surface area (TPSA) is 67.2 Å². The second-order valence-corrected chi connectivity index (χ2v) is 7.53. The van der Waals surface area contributed by atoms with Crippen molar-refractivity contribution in [2.75, 3.05) is 19.6 Å². The number of aryl methyl sites for hydroxylation is 1. The van der Waals surface area contributed by atoms with Crippen LogP contribution in [0, 0.1) is 11.8 Å². The maximum Gasteiger partial charge on any atom is 0.262 e. The first kappa shape index (κ1) is 13.4. The van der Waals surface area contributed by atoms with Crippen LogP contribution < -0.4 is 5.32 Å². The molecule has 19 heavy (non-hydrogen) atoms. The van der Waals surface area contributed by atoms with Crippen molar-refractivity contribution in [3.05, 3.63) is 11.2 Å². The van der Waals surface area contributed by atoms with E-state index in [-0.39, 0.29) is 16.1 Å². The van der Waals surface area contributed by atoms with E-state index in [2.05, 4.69) is 10.4 Å². The van der Waals surface area contributed by atoms with Gasteiger partial charge in [-0.1, -0.05) is 11.6 Å². The number of rotatable bonds is 2. The maximum absolute atomic E-state index is 12.7. The van der Waals surface area contributed by atoms with Crippen molar-refractivity contribution >= 4 is 21.6 Å². The minimum atomic E-state index is -3.57. The van der Waals surface area contributed by atoms with E-state index in [0.717, 1.165) is 13.1 Å². The highest BCUT2D eigenvalue weighted by molar-refractivity contribution is 7.89. The van der Waals surface area contributed by atoms with Crippen molar-refractivity contribution in [1.29, 1.82) is 0 Å². The molecule has 1 aromatic rings. The van der Waals surface area contributed by atoms with Gasteiger partial charge in [-0.3, -0.25) is 4.68 Å². The third-order valence-corrected chi connectivity index (χ3v) is 6.74. The number of fused-ring (bicyclic) bond motifs is 1. The second kappa shape index (κ2) is 4.44. The van der Waals surface area contributed by atoms with Gasteiger partial charge in [-0.05, 0) is 31.8 Å². The number of nitrogens with zero attached hydrogens (tertiary/aromatic N) is 3. The highest BCUT2D eigenvalue weighted by Gasteiger charge is 2.47. The molecule has 2 aliphatic rings. The molecule has 106 valence electrons. The van der Waals surface area contributed by atoms with E-state index in [4.69, 9.17) is 11.6 Å². The third kappa shape index (κ3) is 1.91. The minimum Gasteiger partial charge on any atom is -0.316 e. The van der Waals surface area contributed by atoms with E-state index in [0.29, 0.717) is 18.4 Å². The van der Waals surface area contributed by atoms with Gasteiger partial charge in [0.05, 0.1) is 11.2 Å². The summed E-state index contributed by atoms with van der Waals surface area (Å²) in [7, 11) is -1.97. The zero-order valence-corrected chi connectivity index (χ0v) is 12.4. The van der Waals surface area contributed by atoms with Gasteiger partial charge in [-0.15, -0.1) is 0 Å². The number of halogens is 1. The molecule has 0 saturated carbocycles. The standard InChI is InChI=1S/C11H17ClN4O2S/c1-7-9-4-13-3-8(9)6-16(7)19(17,18)11-10(12)5-14-15(11)2/h5,7-9,13H,3-4,6H2,1-2H3. The average Bonchev–Trinajstić information content (AvgIpc) is 2.97. The first-order valence-electron chi connectivity index (χ1n) is 6.33. The number of sulfonamides is 1. The van der Waals surface area contributed by atoms with Crippen LogP contribution in [-0.4, -0.2) is 48.2 Å². The number of nitrogens with one attached hydrogen (secondary N) is 1. The van der Waals surface area contributed by atoms with Gasteiger partial charge in [0, 0.05) is 19.6 Å². The van der Waals surface area contributed by atoms with Crippen LogP contribution in [0.4, 0.5) is 0 Å². The predicted molar refractivity (Wildman–Crippen MR) is 71.4 cm³/mol. The molecule has 0 amide bonds. The highest BCUT2D eigenvalue weighted by Crippen LogP contribution is 2.37. The molecule has 0 spiro atoms. The molecule has 2 saturated heterocycles. The normalized spacial score (nSPS) is 31.8. The van der Waals surface area contributed by atoms with Crippen molar-refractivity contribution in [1.82, 2.24) is 19.4 Å². The molecule has 3 atom stereocenters. The predicted octanol–water partition coefficient (Wildman–Crippen LogP) is 0.302. The lowest BCUT2D eigenvalue weighted by Gasteiger charge is -2.23. The fourth-order valence-electron chi connectivity index (χ4n) is 3.25. The van der Waals surface area contributed by atoms with Crippen molar-refractivity contribution in [2.45, 2.75) is 18.0 Å². The Morgan fingerprint density at radius 2 is 2.21 bits per heavy atom. The molecule has 0 aromatic carbocycles. The van der Waals surface area contributed by atoms with Crippen LogP contribution in [0.15, 0.2) is 11.2 Å². The molecule has 3 rings (SSSR count). The lowest BCUT2D eigenvalue weighted by Crippen LogP contribution is -2.38. The molecule has 8 heteroatoms.